The van der Waals surface area contributed by atoms with Crippen LogP contribution in [-0.2, 0) is 7.05 Å². The smallest absolute Gasteiger partial charge is 0.197 e. The molecule has 2 aromatic carbocycles. The van der Waals surface area contributed by atoms with E-state index in [0.29, 0.717) is 24.0 Å². The Kier molecular flexibility index (Phi) is 8.53. The number of nitrogens with zero attached hydrogens (tertiary/aromatic N) is 3. The van der Waals surface area contributed by atoms with E-state index in [4.69, 9.17) is 9.47 Å². The second kappa shape index (κ2) is 11.3. The molecule has 32 heavy (non-hydrogen) atoms. The lowest BCUT2D eigenvalue weighted by atomic mass is 10.1. The van der Waals surface area contributed by atoms with Crippen LogP contribution in [0.15, 0.2) is 41.2 Å². The molecule has 0 saturated carbocycles. The number of aryl methyl sites for hydroxylation is 1. The zero-order valence-corrected chi connectivity index (χ0v) is 20.2. The molecular formula is C26H37N3O3. The van der Waals surface area contributed by atoms with E-state index in [1.165, 1.54) is 0 Å². The highest BCUT2D eigenvalue weighted by Crippen LogP contribution is 2.25. The van der Waals surface area contributed by atoms with Gasteiger partial charge in [-0.25, -0.2) is 0 Å². The maximum Gasteiger partial charge on any atom is 0.197 e. The number of fused-ring (bicyclic) bond motifs is 2. The van der Waals surface area contributed by atoms with Crippen LogP contribution in [0.3, 0.4) is 0 Å². The summed E-state index contributed by atoms with van der Waals surface area (Å²) in [5.74, 6) is 1.57. The van der Waals surface area contributed by atoms with Crippen LogP contribution in [-0.4, -0.2) is 66.8 Å². The fraction of sp³-hybridized carbons (Fsp3) is 0.500. The molecule has 0 fully saturated rings. The molecule has 0 atom stereocenters. The van der Waals surface area contributed by atoms with Crippen molar-refractivity contribution in [2.45, 2.75) is 27.7 Å². The van der Waals surface area contributed by atoms with Crippen molar-refractivity contribution in [1.82, 2.24) is 14.4 Å². The molecule has 0 spiro atoms. The monoisotopic (exact) mass is 439 g/mol. The highest BCUT2D eigenvalue weighted by Gasteiger charge is 2.11. The first kappa shape index (κ1) is 24.1. The SMILES string of the molecule is CCN(CC)CCOc1ccc2c(=O)c3ccc(OCCN(CC)CC)cc3n(C)c2c1. The lowest BCUT2D eigenvalue weighted by Gasteiger charge is -2.19. The summed E-state index contributed by atoms with van der Waals surface area (Å²) in [7, 11) is 1.99. The Morgan fingerprint density at radius 2 is 1.12 bits per heavy atom. The average Bonchev–Trinajstić information content (AvgIpc) is 2.83. The van der Waals surface area contributed by atoms with Gasteiger partial charge in [0.25, 0.3) is 0 Å². The van der Waals surface area contributed by atoms with Crippen LogP contribution in [0.1, 0.15) is 27.7 Å². The van der Waals surface area contributed by atoms with E-state index in [2.05, 4.69) is 42.1 Å². The van der Waals surface area contributed by atoms with Crippen molar-refractivity contribution in [3.05, 3.63) is 46.6 Å². The van der Waals surface area contributed by atoms with Gasteiger partial charge in [0.2, 0.25) is 0 Å². The van der Waals surface area contributed by atoms with Crippen molar-refractivity contribution in [3.63, 3.8) is 0 Å². The standard InChI is InChI=1S/C26H37N3O3/c1-6-28(7-2)14-16-31-20-10-12-22-24(18-20)27(5)25-19-21(11-13-23(25)26(22)30)32-17-15-29(8-3)9-4/h10-13,18-19H,6-9,14-17H2,1-5H3. The van der Waals surface area contributed by atoms with Crippen LogP contribution in [0.5, 0.6) is 11.5 Å². The number of rotatable bonds is 12. The average molecular weight is 440 g/mol. The molecule has 174 valence electrons. The molecule has 6 nitrogen and oxygen atoms in total. The minimum atomic E-state index is 0.0393. The van der Waals surface area contributed by atoms with Crippen molar-refractivity contribution in [2.24, 2.45) is 7.05 Å². The third-order valence-corrected chi connectivity index (χ3v) is 6.29. The van der Waals surface area contributed by atoms with Crippen LogP contribution in [0, 0.1) is 0 Å². The molecule has 0 saturated heterocycles. The summed E-state index contributed by atoms with van der Waals surface area (Å²) in [6, 6.07) is 11.5. The minimum Gasteiger partial charge on any atom is -0.492 e. The van der Waals surface area contributed by atoms with E-state index in [0.717, 1.165) is 61.8 Å². The second-order valence-electron chi connectivity index (χ2n) is 8.00. The highest BCUT2D eigenvalue weighted by atomic mass is 16.5. The van der Waals surface area contributed by atoms with Crippen LogP contribution < -0.4 is 14.9 Å². The van der Waals surface area contributed by atoms with E-state index in [9.17, 15) is 4.79 Å². The quantitative estimate of drug-likeness (QED) is 0.397. The summed E-state index contributed by atoms with van der Waals surface area (Å²) in [5.41, 5.74) is 1.77. The first-order valence-electron chi connectivity index (χ1n) is 11.8. The summed E-state index contributed by atoms with van der Waals surface area (Å²) in [6.45, 7) is 15.7. The minimum absolute atomic E-state index is 0.0393. The van der Waals surface area contributed by atoms with E-state index in [-0.39, 0.29) is 5.43 Å². The number of ether oxygens (including phenoxy) is 2. The van der Waals surface area contributed by atoms with Gasteiger partial charge < -0.3 is 23.8 Å². The summed E-state index contributed by atoms with van der Waals surface area (Å²) in [4.78, 5) is 17.8. The van der Waals surface area contributed by atoms with Crippen molar-refractivity contribution in [2.75, 3.05) is 52.5 Å². The largest absolute Gasteiger partial charge is 0.492 e. The molecule has 1 heterocycles. The van der Waals surface area contributed by atoms with Gasteiger partial charge in [0.05, 0.1) is 11.0 Å². The van der Waals surface area contributed by atoms with Crippen LogP contribution in [0.25, 0.3) is 21.8 Å². The number of hydrogen-bond acceptors (Lipinski definition) is 5. The predicted molar refractivity (Wildman–Crippen MR) is 133 cm³/mol. The fourth-order valence-electron chi connectivity index (χ4n) is 4.08. The molecule has 3 aromatic rings. The zero-order chi connectivity index (χ0) is 23.1. The van der Waals surface area contributed by atoms with Crippen LogP contribution >= 0.6 is 0 Å². The van der Waals surface area contributed by atoms with Crippen molar-refractivity contribution < 1.29 is 9.47 Å². The summed E-state index contributed by atoms with van der Waals surface area (Å²) in [6.07, 6.45) is 0. The molecule has 0 amide bonds. The predicted octanol–water partition coefficient (Wildman–Crippen LogP) is 4.13. The first-order valence-corrected chi connectivity index (χ1v) is 11.8. The summed E-state index contributed by atoms with van der Waals surface area (Å²) >= 11 is 0. The van der Waals surface area contributed by atoms with Gasteiger partial charge >= 0.3 is 0 Å². The molecular weight excluding hydrogens is 402 g/mol. The van der Waals surface area contributed by atoms with E-state index in [1.54, 1.807) is 0 Å². The van der Waals surface area contributed by atoms with Gasteiger partial charge in [0, 0.05) is 43.0 Å². The number of likely N-dealkylation sites (N-methyl/N-ethyl adjacent to an activating group) is 2. The Morgan fingerprint density at radius 1 is 0.719 bits per heavy atom. The molecule has 3 rings (SSSR count). The van der Waals surface area contributed by atoms with E-state index < -0.39 is 0 Å². The zero-order valence-electron chi connectivity index (χ0n) is 20.2. The van der Waals surface area contributed by atoms with E-state index in [1.807, 2.05) is 43.4 Å². The van der Waals surface area contributed by atoms with Crippen LogP contribution in [0.4, 0.5) is 0 Å². The van der Waals surface area contributed by atoms with Crippen molar-refractivity contribution in [1.29, 1.82) is 0 Å². The molecule has 0 N–H and O–H groups in total. The van der Waals surface area contributed by atoms with Gasteiger partial charge in [-0.05, 0) is 50.4 Å². The maximum absolute atomic E-state index is 13.1. The normalized spacial score (nSPS) is 11.7. The Labute approximate surface area is 191 Å². The molecule has 0 aliphatic carbocycles. The van der Waals surface area contributed by atoms with Gasteiger partial charge in [-0.3, -0.25) is 4.79 Å². The molecule has 6 heteroatoms. The maximum atomic E-state index is 13.1. The van der Waals surface area contributed by atoms with Gasteiger partial charge in [0.1, 0.15) is 24.7 Å². The molecule has 0 aliphatic rings. The molecule has 0 aliphatic heterocycles. The van der Waals surface area contributed by atoms with Gasteiger partial charge in [0.15, 0.2) is 5.43 Å². The molecule has 0 radical (unpaired) electrons. The summed E-state index contributed by atoms with van der Waals surface area (Å²) < 4.78 is 14.0. The van der Waals surface area contributed by atoms with Crippen LogP contribution in [0.2, 0.25) is 0 Å². The third kappa shape index (κ3) is 5.43. The summed E-state index contributed by atoms with van der Waals surface area (Å²) in [5, 5.41) is 1.40. The second-order valence-corrected chi connectivity index (χ2v) is 8.00. The van der Waals surface area contributed by atoms with Gasteiger partial charge in [-0.1, -0.05) is 27.7 Å². The van der Waals surface area contributed by atoms with Gasteiger partial charge in [-0.2, -0.15) is 0 Å². The fourth-order valence-corrected chi connectivity index (χ4v) is 4.08. The van der Waals surface area contributed by atoms with E-state index >= 15 is 0 Å². The lowest BCUT2D eigenvalue weighted by Crippen LogP contribution is -2.27. The number of pyridine rings is 1. The Hall–Kier alpha value is -2.57. The topological polar surface area (TPSA) is 46.9 Å². The number of benzene rings is 2. The first-order chi connectivity index (χ1) is 15.5. The van der Waals surface area contributed by atoms with Crippen molar-refractivity contribution >= 4 is 21.8 Å². The Bertz CT molecular complexity index is 1000. The van der Waals surface area contributed by atoms with Crippen molar-refractivity contribution in [3.8, 4) is 11.5 Å². The third-order valence-electron chi connectivity index (χ3n) is 6.29. The highest BCUT2D eigenvalue weighted by molar-refractivity contribution is 5.94. The lowest BCUT2D eigenvalue weighted by molar-refractivity contribution is 0.223. The molecule has 0 unspecified atom stereocenters. The number of aromatic nitrogens is 1. The molecule has 0 bridgehead atoms. The number of hydrogen-bond donors (Lipinski definition) is 0. The Balaban J connectivity index is 1.85. The molecule has 1 aromatic heterocycles. The Morgan fingerprint density at radius 3 is 1.50 bits per heavy atom. The van der Waals surface area contributed by atoms with Gasteiger partial charge in [-0.15, -0.1) is 0 Å².